The van der Waals surface area contributed by atoms with Gasteiger partial charge in [0.15, 0.2) is 0 Å². The zero-order chi connectivity index (χ0) is 25.3. The summed E-state index contributed by atoms with van der Waals surface area (Å²) in [5.41, 5.74) is 0. The zero-order valence-corrected chi connectivity index (χ0v) is 22.4. The second kappa shape index (κ2) is 24.1. The number of methoxy groups -OCH3 is 1. The fourth-order valence-corrected chi connectivity index (χ4v) is 4.73. The van der Waals surface area contributed by atoms with Crippen molar-refractivity contribution >= 4 is 33.4 Å². The van der Waals surface area contributed by atoms with Gasteiger partial charge in [-0.05, 0) is 13.8 Å². The molecule has 0 fully saturated rings. The maximum Gasteiger partial charge on any atom is 0.222 e. The molecule has 0 aromatic heterocycles. The van der Waals surface area contributed by atoms with E-state index >= 15 is 0 Å². The third kappa shape index (κ3) is 24.5. The lowest BCUT2D eigenvalue weighted by molar-refractivity contribution is -0.122. The van der Waals surface area contributed by atoms with Gasteiger partial charge in [-0.1, -0.05) is 21.6 Å². The number of rotatable bonds is 25. The fraction of sp³-hybridized carbons (Fsp3) is 0.905. The summed E-state index contributed by atoms with van der Waals surface area (Å²) in [6, 6.07) is 0. The van der Waals surface area contributed by atoms with Crippen molar-refractivity contribution in [3.63, 3.8) is 0 Å². The Morgan fingerprint density at radius 2 is 1.32 bits per heavy atom. The van der Waals surface area contributed by atoms with Crippen LogP contribution in [0.2, 0.25) is 0 Å². The molecular formula is C21H43N3O8S2. The molecule has 0 spiro atoms. The third-order valence-electron chi connectivity index (χ3n) is 3.94. The normalized spacial score (nSPS) is 11.5. The molecular weight excluding hydrogens is 486 g/mol. The van der Waals surface area contributed by atoms with E-state index in [0.717, 1.165) is 5.75 Å². The highest BCUT2D eigenvalue weighted by Gasteiger charge is 2.22. The minimum atomic E-state index is -0.223. The van der Waals surface area contributed by atoms with E-state index in [1.165, 1.54) is 0 Å². The number of nitrogens with one attached hydrogen (secondary N) is 2. The van der Waals surface area contributed by atoms with Crippen LogP contribution < -0.4 is 16.5 Å². The van der Waals surface area contributed by atoms with Gasteiger partial charge in [-0.3, -0.25) is 9.59 Å². The smallest absolute Gasteiger partial charge is 0.222 e. The molecule has 0 heterocycles. The van der Waals surface area contributed by atoms with Gasteiger partial charge in [0.25, 0.3) is 0 Å². The molecule has 0 aromatic carbocycles. The largest absolute Gasteiger partial charge is 0.382 e. The quantitative estimate of drug-likeness (QED) is 0.0877. The minimum Gasteiger partial charge on any atom is -0.382 e. The molecule has 0 saturated carbocycles. The molecule has 0 aliphatic rings. The Bertz CT molecular complexity index is 505. The predicted octanol–water partition coefficient (Wildman–Crippen LogP) is 0.762. The molecule has 0 aliphatic heterocycles. The van der Waals surface area contributed by atoms with Crippen LogP contribution in [-0.4, -0.2) is 109 Å². The average molecular weight is 530 g/mol. The van der Waals surface area contributed by atoms with Crippen LogP contribution in [0.5, 0.6) is 0 Å². The molecule has 0 aliphatic carbocycles. The molecule has 4 N–H and O–H groups in total. The molecule has 0 unspecified atom stereocenters. The number of hydrogen-bond acceptors (Lipinski definition) is 11. The van der Waals surface area contributed by atoms with Crippen molar-refractivity contribution in [1.29, 1.82) is 0 Å². The van der Waals surface area contributed by atoms with Crippen molar-refractivity contribution < 1.29 is 38.1 Å². The van der Waals surface area contributed by atoms with Crippen molar-refractivity contribution in [2.24, 2.45) is 5.90 Å². The Morgan fingerprint density at radius 3 is 1.97 bits per heavy atom. The van der Waals surface area contributed by atoms with Crippen molar-refractivity contribution in [2.45, 2.75) is 31.4 Å². The highest BCUT2D eigenvalue weighted by atomic mass is 33.1. The number of hydrogen-bond donors (Lipinski definition) is 3. The summed E-state index contributed by atoms with van der Waals surface area (Å²) in [6.45, 7) is 9.62. The van der Waals surface area contributed by atoms with Crippen LogP contribution in [0.1, 0.15) is 26.7 Å². The van der Waals surface area contributed by atoms with Gasteiger partial charge in [-0.2, -0.15) is 0 Å². The minimum absolute atomic E-state index is 0.0223. The maximum atomic E-state index is 12.1. The Morgan fingerprint density at radius 1 is 0.765 bits per heavy atom. The van der Waals surface area contributed by atoms with Crippen LogP contribution in [0, 0.1) is 0 Å². The Hall–Kier alpha value is -0.640. The van der Waals surface area contributed by atoms with Crippen LogP contribution in [0.3, 0.4) is 0 Å². The van der Waals surface area contributed by atoms with Gasteiger partial charge >= 0.3 is 0 Å². The van der Waals surface area contributed by atoms with Gasteiger partial charge in [0.2, 0.25) is 11.8 Å². The first-order valence-electron chi connectivity index (χ1n) is 11.4. The molecule has 0 radical (unpaired) electrons. The molecule has 202 valence electrons. The van der Waals surface area contributed by atoms with Crippen molar-refractivity contribution in [3.05, 3.63) is 0 Å². The number of amides is 2. The van der Waals surface area contributed by atoms with Gasteiger partial charge in [0.1, 0.15) is 0 Å². The van der Waals surface area contributed by atoms with Crippen LogP contribution >= 0.6 is 21.6 Å². The number of carbonyl (C=O) groups is 2. The summed E-state index contributed by atoms with van der Waals surface area (Å²) in [5, 5.41) is 5.71. The summed E-state index contributed by atoms with van der Waals surface area (Å²) in [7, 11) is 4.90. The van der Waals surface area contributed by atoms with E-state index in [9.17, 15) is 9.59 Å². The molecule has 0 bridgehead atoms. The Labute approximate surface area is 211 Å². The molecule has 0 saturated heterocycles. The van der Waals surface area contributed by atoms with Gasteiger partial charge in [0.05, 0.1) is 66.1 Å². The highest BCUT2D eigenvalue weighted by molar-refractivity contribution is 8.77. The van der Waals surface area contributed by atoms with Gasteiger partial charge in [0, 0.05) is 43.5 Å². The molecule has 0 rings (SSSR count). The van der Waals surface area contributed by atoms with Crippen LogP contribution in [0.4, 0.5) is 0 Å². The summed E-state index contributed by atoms with van der Waals surface area (Å²) in [5.74, 6) is 5.58. The first kappa shape index (κ1) is 33.4. The van der Waals surface area contributed by atoms with E-state index in [1.807, 2.05) is 13.8 Å². The van der Waals surface area contributed by atoms with E-state index in [4.69, 9.17) is 29.6 Å². The second-order valence-corrected chi connectivity index (χ2v) is 10.7. The van der Waals surface area contributed by atoms with E-state index < -0.39 is 0 Å². The lowest BCUT2D eigenvalue weighted by Gasteiger charge is -2.22. The van der Waals surface area contributed by atoms with Crippen LogP contribution in [-0.2, 0) is 38.1 Å². The fourth-order valence-electron chi connectivity index (χ4n) is 2.32. The summed E-state index contributed by atoms with van der Waals surface area (Å²) in [6.07, 6.45) is 0.706. The van der Waals surface area contributed by atoms with Crippen LogP contribution in [0.15, 0.2) is 0 Å². The Kier molecular flexibility index (Phi) is 23.6. The molecule has 0 aromatic rings. The summed E-state index contributed by atoms with van der Waals surface area (Å²) in [4.78, 5) is 28.3. The standard InChI is InChI=1S/C21H43N3O8S2/c1-21(2,18-20(26)23-5-8-29-15-16-32-22)34-33-17-6-24-19(25)4-7-28-11-12-31-14-13-30-10-9-27-3/h4-18,22H2,1-3H3,(H,23,26)(H,24,25). The van der Waals surface area contributed by atoms with Crippen molar-refractivity contribution in [2.75, 3.05) is 92.0 Å². The summed E-state index contributed by atoms with van der Waals surface area (Å²) >= 11 is 0. The monoisotopic (exact) mass is 529 g/mol. The van der Waals surface area contributed by atoms with Crippen molar-refractivity contribution in [1.82, 2.24) is 10.6 Å². The topological polar surface area (TPSA) is 140 Å². The van der Waals surface area contributed by atoms with Gasteiger partial charge in [-0.15, -0.1) is 0 Å². The lowest BCUT2D eigenvalue weighted by atomic mass is 10.1. The molecule has 34 heavy (non-hydrogen) atoms. The van der Waals surface area contributed by atoms with E-state index in [1.54, 1.807) is 28.7 Å². The highest BCUT2D eigenvalue weighted by Crippen LogP contribution is 2.37. The van der Waals surface area contributed by atoms with Crippen LogP contribution in [0.25, 0.3) is 0 Å². The van der Waals surface area contributed by atoms with Gasteiger partial charge < -0.3 is 39.2 Å². The zero-order valence-electron chi connectivity index (χ0n) is 20.8. The number of ether oxygens (including phenoxy) is 5. The van der Waals surface area contributed by atoms with E-state index in [2.05, 4.69) is 15.5 Å². The predicted molar refractivity (Wildman–Crippen MR) is 135 cm³/mol. The van der Waals surface area contributed by atoms with Gasteiger partial charge in [-0.25, -0.2) is 5.90 Å². The summed E-state index contributed by atoms with van der Waals surface area (Å²) < 4.78 is 25.9. The molecule has 0 atom stereocenters. The molecule has 13 heteroatoms. The first-order valence-corrected chi connectivity index (χ1v) is 13.7. The molecule has 11 nitrogen and oxygen atoms in total. The van der Waals surface area contributed by atoms with Crippen molar-refractivity contribution in [3.8, 4) is 0 Å². The van der Waals surface area contributed by atoms with E-state index in [-0.39, 0.29) is 16.6 Å². The maximum absolute atomic E-state index is 12.1. The third-order valence-corrected chi connectivity index (χ3v) is 7.23. The lowest BCUT2D eigenvalue weighted by Crippen LogP contribution is -2.32. The van der Waals surface area contributed by atoms with E-state index in [0.29, 0.717) is 92.0 Å². The second-order valence-electron chi connectivity index (χ2n) is 7.60. The molecule has 2 amide bonds. The Balaban J connectivity index is 3.54. The SMILES string of the molecule is COCCOCCOCCOCCC(=O)NCCSSC(C)(C)CC(=O)NCCOCCON. The first-order chi connectivity index (χ1) is 16.4. The average Bonchev–Trinajstić information content (AvgIpc) is 2.79. The number of carbonyl (C=O) groups excluding carboxylic acids is 2. The number of nitrogens with two attached hydrogens (primary N) is 1.